The van der Waals surface area contributed by atoms with E-state index in [1.54, 1.807) is 11.8 Å². The van der Waals surface area contributed by atoms with Crippen LogP contribution in [0.25, 0.3) is 0 Å². The summed E-state index contributed by atoms with van der Waals surface area (Å²) >= 11 is 1.69. The Balaban J connectivity index is 2.40. The lowest BCUT2D eigenvalue weighted by Crippen LogP contribution is -2.68. The van der Waals surface area contributed by atoms with E-state index in [4.69, 9.17) is 5.73 Å². The minimum Gasteiger partial charge on any atom is -0.544 e. The van der Waals surface area contributed by atoms with Crippen molar-refractivity contribution in [2.24, 2.45) is 10.7 Å². The fourth-order valence-electron chi connectivity index (χ4n) is 1.48. The first kappa shape index (κ1) is 13.1. The Bertz CT molecular complexity index is 285. The normalized spacial score (nSPS) is 20.1. The van der Waals surface area contributed by atoms with Gasteiger partial charge in [-0.25, -0.2) is 4.99 Å². The number of carbonyl (C=O) groups excluding carboxylic acids is 1. The minimum absolute atomic E-state index is 0.181. The van der Waals surface area contributed by atoms with Gasteiger partial charge in [0.25, 0.3) is 0 Å². The first-order chi connectivity index (χ1) is 7.52. The quantitative estimate of drug-likeness (QED) is 0.572. The molecule has 16 heavy (non-hydrogen) atoms. The van der Waals surface area contributed by atoms with Crippen LogP contribution >= 0.6 is 11.8 Å². The largest absolute Gasteiger partial charge is 0.544 e. The van der Waals surface area contributed by atoms with Crippen LogP contribution in [-0.2, 0) is 4.79 Å². The van der Waals surface area contributed by atoms with Gasteiger partial charge in [0, 0.05) is 12.5 Å². The molecule has 0 amide bonds. The maximum Gasteiger partial charge on any atom is 0.193 e. The summed E-state index contributed by atoms with van der Waals surface area (Å²) in [7, 11) is 0. The zero-order valence-corrected chi connectivity index (χ0v) is 10.2. The molecule has 92 valence electrons. The van der Waals surface area contributed by atoms with Crippen molar-refractivity contribution in [3.05, 3.63) is 0 Å². The molecule has 0 bridgehead atoms. The molecule has 0 saturated heterocycles. The molecule has 0 fully saturated rings. The van der Waals surface area contributed by atoms with Crippen LogP contribution in [0.15, 0.2) is 4.99 Å². The third kappa shape index (κ3) is 3.57. The minimum atomic E-state index is -1.10. The zero-order chi connectivity index (χ0) is 12.1. The van der Waals surface area contributed by atoms with Gasteiger partial charge in [-0.15, -0.1) is 11.8 Å². The maximum absolute atomic E-state index is 10.5. The summed E-state index contributed by atoms with van der Waals surface area (Å²) in [6.45, 7) is 2.01. The van der Waals surface area contributed by atoms with E-state index in [2.05, 4.69) is 10.7 Å². The van der Waals surface area contributed by atoms with E-state index in [0.717, 1.165) is 12.3 Å². The molecule has 0 aromatic heterocycles. The van der Waals surface area contributed by atoms with Crippen molar-refractivity contribution in [3.8, 4) is 0 Å². The third-order valence-corrected chi connectivity index (χ3v) is 3.41. The zero-order valence-electron chi connectivity index (χ0n) is 9.39. The van der Waals surface area contributed by atoms with E-state index in [0.29, 0.717) is 18.3 Å². The Morgan fingerprint density at radius 1 is 1.75 bits per heavy atom. The lowest BCUT2D eigenvalue weighted by atomic mass is 10.1. The topological polar surface area (TPSA) is 109 Å². The molecule has 2 atom stereocenters. The molecule has 0 aromatic rings. The van der Waals surface area contributed by atoms with Crippen molar-refractivity contribution in [3.63, 3.8) is 0 Å². The number of rotatable bonds is 5. The van der Waals surface area contributed by atoms with Crippen molar-refractivity contribution >= 4 is 23.7 Å². The Hall–Kier alpha value is -0.950. The highest BCUT2D eigenvalue weighted by molar-refractivity contribution is 7.99. The monoisotopic (exact) mass is 246 g/mol. The number of guanidine groups is 1. The number of aliphatic carboxylic acids is 1. The van der Waals surface area contributed by atoms with Gasteiger partial charge < -0.3 is 26.3 Å². The molecule has 1 aliphatic heterocycles. The number of carbonyl (C=O) groups is 1. The number of carboxylic acid groups (broad SMARTS) is 1. The van der Waals surface area contributed by atoms with E-state index < -0.39 is 12.0 Å². The van der Waals surface area contributed by atoms with E-state index in [1.807, 2.05) is 11.8 Å². The van der Waals surface area contributed by atoms with Crippen LogP contribution in [-0.4, -0.2) is 40.7 Å². The highest BCUT2D eigenvalue weighted by atomic mass is 32.2. The number of nitrogens with two attached hydrogens (primary N) is 1. The van der Waals surface area contributed by atoms with E-state index in [9.17, 15) is 9.90 Å². The van der Waals surface area contributed by atoms with Gasteiger partial charge in [-0.1, -0.05) is 0 Å². The fourth-order valence-corrected chi connectivity index (χ4v) is 2.37. The number of quaternary nitrogens is 1. The van der Waals surface area contributed by atoms with Crippen LogP contribution in [0.4, 0.5) is 0 Å². The van der Waals surface area contributed by atoms with E-state index >= 15 is 0 Å². The molecule has 1 rings (SSSR count). The van der Waals surface area contributed by atoms with Crippen LogP contribution in [0, 0.1) is 0 Å². The van der Waals surface area contributed by atoms with Crippen LogP contribution in [0.3, 0.4) is 0 Å². The molecule has 2 unspecified atom stereocenters. The lowest BCUT2D eigenvalue weighted by Gasteiger charge is -2.32. The van der Waals surface area contributed by atoms with Gasteiger partial charge >= 0.3 is 0 Å². The third-order valence-electron chi connectivity index (χ3n) is 2.64. The number of hydrogen-bond acceptors (Lipinski definition) is 6. The number of nitrogens with zero attached hydrogens (tertiary/aromatic N) is 2. The van der Waals surface area contributed by atoms with Crippen molar-refractivity contribution in [1.29, 1.82) is 0 Å². The second-order valence-corrected chi connectivity index (χ2v) is 4.82. The van der Waals surface area contributed by atoms with Gasteiger partial charge in [0.2, 0.25) is 0 Å². The molecule has 1 heterocycles. The van der Waals surface area contributed by atoms with Crippen LogP contribution in [0.5, 0.6) is 0 Å². The lowest BCUT2D eigenvalue weighted by molar-refractivity contribution is -0.438. The molecule has 7 heteroatoms. The Kier molecular flexibility index (Phi) is 4.88. The number of carboxylic acids is 1. The number of hydrogen-bond donors (Lipinski definition) is 2. The van der Waals surface area contributed by atoms with Crippen LogP contribution < -0.4 is 16.6 Å². The Labute approximate surface area is 99.1 Å². The Morgan fingerprint density at radius 2 is 2.44 bits per heavy atom. The highest BCUT2D eigenvalue weighted by Gasteiger charge is 2.20. The molecular weight excluding hydrogens is 228 g/mol. The number of thioether (sulfide) groups is 1. The molecule has 0 aromatic carbocycles. The van der Waals surface area contributed by atoms with Crippen LogP contribution in [0.1, 0.15) is 19.8 Å². The summed E-state index contributed by atoms with van der Waals surface area (Å²) < 4.78 is 0. The molecule has 6 nitrogen and oxygen atoms in total. The molecule has 0 aliphatic carbocycles. The van der Waals surface area contributed by atoms with Gasteiger partial charge in [-0.2, -0.15) is 0 Å². The second-order valence-electron chi connectivity index (χ2n) is 3.89. The fraction of sp³-hybridized carbons (Fsp3) is 0.778. The summed E-state index contributed by atoms with van der Waals surface area (Å²) in [4.78, 5) is 16.6. The predicted octanol–water partition coefficient (Wildman–Crippen LogP) is -2.21. The number of aliphatic imine (C=N–C) groups is 1. The SMILES string of the molecule is CC(CCC([NH3+])C(=O)[O-])N1CSCN=C1N. The smallest absolute Gasteiger partial charge is 0.193 e. The summed E-state index contributed by atoms with van der Waals surface area (Å²) in [6, 6.07) is -0.474. The second kappa shape index (κ2) is 5.95. The molecule has 0 radical (unpaired) electrons. The molecule has 0 saturated carbocycles. The van der Waals surface area contributed by atoms with Crippen molar-refractivity contribution < 1.29 is 15.6 Å². The van der Waals surface area contributed by atoms with Crippen molar-refractivity contribution in [2.45, 2.75) is 31.8 Å². The summed E-state index contributed by atoms with van der Waals surface area (Å²) in [5, 5.41) is 10.5. The van der Waals surface area contributed by atoms with E-state index in [1.165, 1.54) is 0 Å². The van der Waals surface area contributed by atoms with Crippen molar-refractivity contribution in [1.82, 2.24) is 4.90 Å². The van der Waals surface area contributed by atoms with Crippen molar-refractivity contribution in [2.75, 3.05) is 11.8 Å². The van der Waals surface area contributed by atoms with Crippen LogP contribution in [0.2, 0.25) is 0 Å². The van der Waals surface area contributed by atoms with Gasteiger partial charge in [-0.05, 0) is 13.3 Å². The summed E-state index contributed by atoms with van der Waals surface area (Å²) in [5.74, 6) is 0.956. The van der Waals surface area contributed by atoms with Gasteiger partial charge in [0.1, 0.15) is 6.04 Å². The van der Waals surface area contributed by atoms with Gasteiger partial charge in [-0.3, -0.25) is 0 Å². The molecule has 5 N–H and O–H groups in total. The first-order valence-electron chi connectivity index (χ1n) is 5.20. The van der Waals surface area contributed by atoms with Gasteiger partial charge in [0.05, 0.1) is 17.7 Å². The molecular formula is C9H18N4O2S. The maximum atomic E-state index is 10.5. The molecule has 0 spiro atoms. The van der Waals surface area contributed by atoms with Gasteiger partial charge in [0.15, 0.2) is 5.96 Å². The van der Waals surface area contributed by atoms with E-state index in [-0.39, 0.29) is 6.04 Å². The standard InChI is InChI=1S/C9H18N4O2S/c1-6(2-3-7(10)8(14)15)13-5-16-4-12-9(13)11/h6-7H,2-5,10H2,1H3,(H2,11,12)(H,14,15). The molecule has 1 aliphatic rings. The Morgan fingerprint density at radius 3 is 3.00 bits per heavy atom. The predicted molar refractivity (Wildman–Crippen MR) is 61.2 cm³/mol. The summed E-state index contributed by atoms with van der Waals surface area (Å²) in [5.41, 5.74) is 9.29. The average Bonchev–Trinajstić information content (AvgIpc) is 2.25. The highest BCUT2D eigenvalue weighted by Crippen LogP contribution is 2.16. The first-order valence-corrected chi connectivity index (χ1v) is 6.36. The average molecular weight is 246 g/mol. The summed E-state index contributed by atoms with van der Waals surface area (Å²) in [6.07, 6.45) is 1.22.